The Balaban J connectivity index is 1.35. The summed E-state index contributed by atoms with van der Waals surface area (Å²) in [6, 6.07) is 29.0. The van der Waals surface area contributed by atoms with Crippen molar-refractivity contribution in [3.05, 3.63) is 124 Å². The zero-order chi connectivity index (χ0) is 35.0. The third kappa shape index (κ3) is 10.2. The first-order valence-electron chi connectivity index (χ1n) is 16.4. The van der Waals surface area contributed by atoms with Crippen LogP contribution in [0.15, 0.2) is 91.0 Å². The number of rotatable bonds is 15. The van der Waals surface area contributed by atoms with Gasteiger partial charge in [0.15, 0.2) is 0 Å². The van der Waals surface area contributed by atoms with Crippen molar-refractivity contribution in [1.82, 2.24) is 9.88 Å². The number of benzene rings is 4. The topological polar surface area (TPSA) is 129 Å². The molecule has 3 N–H and O–H groups in total. The van der Waals surface area contributed by atoms with Crippen molar-refractivity contribution in [2.45, 2.75) is 52.6 Å². The van der Waals surface area contributed by atoms with Crippen molar-refractivity contribution in [3.63, 3.8) is 0 Å². The number of aryl methyl sites for hydroxylation is 3. The van der Waals surface area contributed by atoms with Gasteiger partial charge < -0.3 is 19.7 Å². The van der Waals surface area contributed by atoms with Gasteiger partial charge in [-0.25, -0.2) is 13.2 Å². The minimum atomic E-state index is -3.34. The molecule has 9 nitrogen and oxygen atoms in total. The van der Waals surface area contributed by atoms with Crippen molar-refractivity contribution >= 4 is 38.7 Å². The minimum Gasteiger partial charge on any atom is -0.481 e. The number of hydrogen-bond acceptors (Lipinski definition) is 5. The van der Waals surface area contributed by atoms with Crippen molar-refractivity contribution in [1.29, 1.82) is 0 Å². The van der Waals surface area contributed by atoms with Crippen molar-refractivity contribution in [2.75, 3.05) is 24.1 Å². The highest BCUT2D eigenvalue weighted by Gasteiger charge is 2.20. The number of nitrogens with zero attached hydrogens (tertiary/aromatic N) is 1. The smallest absolute Gasteiger partial charge is 0.410 e. The molecule has 0 saturated heterocycles. The number of anilines is 1. The molecule has 4 aromatic carbocycles. The number of hydrogen-bond donors (Lipinski definition) is 3. The highest BCUT2D eigenvalue weighted by molar-refractivity contribution is 7.92. The Kier molecular flexibility index (Phi) is 11.4. The fourth-order valence-electron chi connectivity index (χ4n) is 6.14. The summed E-state index contributed by atoms with van der Waals surface area (Å²) in [5, 5.41) is 10.4. The van der Waals surface area contributed by atoms with Crippen LogP contribution in [-0.2, 0) is 45.4 Å². The molecule has 5 aromatic rings. The average Bonchev–Trinajstić information content (AvgIpc) is 3.41. The standard InChI is InChI=1S/C39H43N3O6S/c1-27-21-28(2)23-32(22-27)38-34(35-24-31(25-37(43)44)14-17-36(35)40-38)18-20-42(39(45)48-26-30-10-5-4-6-11-30)19-8-7-9-29-12-15-33(16-13-29)41-49(3,46)47/h4-6,10-17,21-24,40-41H,7-9,18-20,25-26H2,1-3H3,(H,43,44). The summed E-state index contributed by atoms with van der Waals surface area (Å²) in [6.45, 7) is 5.20. The number of unbranched alkanes of at least 4 members (excludes halogenated alkanes) is 1. The zero-order valence-corrected chi connectivity index (χ0v) is 29.0. The molecule has 10 heteroatoms. The third-order valence-corrected chi connectivity index (χ3v) is 8.94. The van der Waals surface area contributed by atoms with Crippen LogP contribution in [0.25, 0.3) is 22.2 Å². The SMILES string of the molecule is Cc1cc(C)cc(-c2[nH]c3ccc(CC(=O)O)cc3c2CCN(CCCCc2ccc(NS(C)(=O)=O)cc2)C(=O)OCc2ccccc2)c1. The van der Waals surface area contributed by atoms with E-state index >= 15 is 0 Å². The fraction of sp³-hybridized carbons (Fsp3) is 0.282. The van der Waals surface area contributed by atoms with E-state index in [1.807, 2.05) is 60.7 Å². The van der Waals surface area contributed by atoms with Crippen LogP contribution in [0.5, 0.6) is 0 Å². The molecule has 256 valence electrons. The van der Waals surface area contributed by atoms with E-state index < -0.39 is 16.0 Å². The number of ether oxygens (including phenoxy) is 1. The van der Waals surface area contributed by atoms with E-state index in [1.54, 1.807) is 17.0 Å². The van der Waals surface area contributed by atoms with Gasteiger partial charge in [-0.15, -0.1) is 0 Å². The van der Waals surface area contributed by atoms with Gasteiger partial charge in [0.2, 0.25) is 10.0 Å². The van der Waals surface area contributed by atoms with E-state index in [9.17, 15) is 23.1 Å². The number of carbonyl (C=O) groups excluding carboxylic acids is 1. The third-order valence-electron chi connectivity index (χ3n) is 8.33. The van der Waals surface area contributed by atoms with E-state index in [0.29, 0.717) is 30.8 Å². The summed E-state index contributed by atoms with van der Waals surface area (Å²) in [6.07, 6.45) is 3.53. The summed E-state index contributed by atoms with van der Waals surface area (Å²) in [7, 11) is -3.34. The van der Waals surface area contributed by atoms with E-state index in [2.05, 4.69) is 41.8 Å². The number of amides is 1. The average molecular weight is 682 g/mol. The maximum atomic E-state index is 13.5. The molecule has 0 saturated carbocycles. The molecule has 0 atom stereocenters. The Morgan fingerprint density at radius 2 is 1.51 bits per heavy atom. The van der Waals surface area contributed by atoms with Gasteiger partial charge in [0, 0.05) is 35.4 Å². The Morgan fingerprint density at radius 1 is 0.816 bits per heavy atom. The van der Waals surface area contributed by atoms with E-state index in [0.717, 1.165) is 75.5 Å². The summed E-state index contributed by atoms with van der Waals surface area (Å²) < 4.78 is 31.3. The Morgan fingerprint density at radius 3 is 2.18 bits per heavy atom. The van der Waals surface area contributed by atoms with Gasteiger partial charge in [0.25, 0.3) is 0 Å². The summed E-state index contributed by atoms with van der Waals surface area (Å²) >= 11 is 0. The monoisotopic (exact) mass is 681 g/mol. The van der Waals surface area contributed by atoms with Crippen LogP contribution in [0.4, 0.5) is 10.5 Å². The molecular weight excluding hydrogens is 639 g/mol. The number of carboxylic acids is 1. The van der Waals surface area contributed by atoms with Gasteiger partial charge >= 0.3 is 12.1 Å². The molecule has 5 rings (SSSR count). The van der Waals surface area contributed by atoms with Crippen LogP contribution >= 0.6 is 0 Å². The van der Waals surface area contributed by atoms with Crippen molar-refractivity contribution < 1.29 is 27.9 Å². The second-order valence-corrected chi connectivity index (χ2v) is 14.4. The van der Waals surface area contributed by atoms with Gasteiger partial charge in [-0.2, -0.15) is 0 Å². The van der Waals surface area contributed by atoms with Crippen molar-refractivity contribution in [2.24, 2.45) is 0 Å². The molecule has 1 amide bonds. The second-order valence-electron chi connectivity index (χ2n) is 12.6. The second kappa shape index (κ2) is 15.9. The number of fused-ring (bicyclic) bond motifs is 1. The van der Waals surface area contributed by atoms with Crippen LogP contribution < -0.4 is 4.72 Å². The molecule has 49 heavy (non-hydrogen) atoms. The number of H-pyrrole nitrogens is 1. The molecule has 1 heterocycles. The quantitative estimate of drug-likeness (QED) is 0.0974. The first kappa shape index (κ1) is 35.2. The molecule has 0 aliphatic heterocycles. The number of aromatic nitrogens is 1. The lowest BCUT2D eigenvalue weighted by molar-refractivity contribution is -0.136. The molecule has 0 fully saturated rings. The number of nitrogens with one attached hydrogen (secondary N) is 2. The normalized spacial score (nSPS) is 11.4. The number of carbonyl (C=O) groups is 2. The predicted molar refractivity (Wildman–Crippen MR) is 194 cm³/mol. The van der Waals surface area contributed by atoms with Crippen LogP contribution in [0.1, 0.15) is 46.2 Å². The largest absolute Gasteiger partial charge is 0.481 e. The lowest BCUT2D eigenvalue weighted by atomic mass is 9.98. The lowest BCUT2D eigenvalue weighted by Gasteiger charge is -2.23. The number of aliphatic carboxylic acids is 1. The van der Waals surface area contributed by atoms with Gasteiger partial charge in [-0.3, -0.25) is 9.52 Å². The summed E-state index contributed by atoms with van der Waals surface area (Å²) in [5.74, 6) is -0.889. The highest BCUT2D eigenvalue weighted by Crippen LogP contribution is 2.33. The molecule has 0 bridgehead atoms. The molecule has 0 aliphatic carbocycles. The van der Waals surface area contributed by atoms with E-state index in [-0.39, 0.29) is 19.1 Å². The first-order valence-corrected chi connectivity index (χ1v) is 18.3. The van der Waals surface area contributed by atoms with Crippen LogP contribution in [-0.4, -0.2) is 54.8 Å². The molecule has 0 spiro atoms. The van der Waals surface area contributed by atoms with Crippen LogP contribution in [0.2, 0.25) is 0 Å². The maximum absolute atomic E-state index is 13.5. The highest BCUT2D eigenvalue weighted by atomic mass is 32.2. The van der Waals surface area contributed by atoms with Gasteiger partial charge in [-0.05, 0) is 104 Å². The van der Waals surface area contributed by atoms with Gasteiger partial charge in [-0.1, -0.05) is 65.7 Å². The maximum Gasteiger partial charge on any atom is 0.410 e. The molecule has 1 aromatic heterocycles. The van der Waals surface area contributed by atoms with E-state index in [1.165, 1.54) is 0 Å². The molecule has 0 radical (unpaired) electrons. The van der Waals surface area contributed by atoms with E-state index in [4.69, 9.17) is 4.74 Å². The van der Waals surface area contributed by atoms with Crippen LogP contribution in [0, 0.1) is 13.8 Å². The first-order chi connectivity index (χ1) is 23.4. The fourth-order valence-corrected chi connectivity index (χ4v) is 6.71. The molecule has 0 aliphatic rings. The van der Waals surface area contributed by atoms with Gasteiger partial charge in [0.1, 0.15) is 6.61 Å². The summed E-state index contributed by atoms with van der Waals surface area (Å²) in [5.41, 5.74) is 9.43. The lowest BCUT2D eigenvalue weighted by Crippen LogP contribution is -2.34. The van der Waals surface area contributed by atoms with Crippen LogP contribution in [0.3, 0.4) is 0 Å². The Bertz CT molecular complexity index is 2000. The summed E-state index contributed by atoms with van der Waals surface area (Å²) in [4.78, 5) is 30.4. The van der Waals surface area contributed by atoms with Gasteiger partial charge in [0.05, 0.1) is 12.7 Å². The number of carboxylic acid groups (broad SMARTS) is 1. The van der Waals surface area contributed by atoms with Crippen molar-refractivity contribution in [3.8, 4) is 11.3 Å². The minimum absolute atomic E-state index is 0.0751. The number of aromatic amines is 1. The molecule has 0 unspecified atom stereocenters. The predicted octanol–water partition coefficient (Wildman–Crippen LogP) is 7.65. The Hall–Kier alpha value is -5.09. The Labute approximate surface area is 288 Å². The number of sulfonamides is 1. The zero-order valence-electron chi connectivity index (χ0n) is 28.2. The molecular formula is C39H43N3O6S.